The second kappa shape index (κ2) is 13.1. The number of hydrogen-bond acceptors (Lipinski definition) is 7. The number of amides is 1. The average Bonchev–Trinajstić information content (AvgIpc) is 3.45. The number of carbonyl (C=O) groups excluding carboxylic acids is 1. The fourth-order valence-corrected chi connectivity index (χ4v) is 15.4. The average molecular weight is 721 g/mol. The van der Waals surface area contributed by atoms with Crippen LogP contribution in [0.1, 0.15) is 116 Å². The van der Waals surface area contributed by atoms with E-state index in [2.05, 4.69) is 79.1 Å². The van der Waals surface area contributed by atoms with Crippen LogP contribution in [0.15, 0.2) is 24.5 Å². The van der Waals surface area contributed by atoms with Crippen molar-refractivity contribution in [3.05, 3.63) is 30.1 Å². The van der Waals surface area contributed by atoms with Crippen molar-refractivity contribution in [2.75, 3.05) is 55.7 Å². The molecule has 3 N–H and O–H groups in total. The number of piperidine rings is 1. The van der Waals surface area contributed by atoms with Gasteiger partial charge in [-0.05, 0) is 165 Å². The van der Waals surface area contributed by atoms with Crippen LogP contribution < -0.4 is 16.0 Å². The Hall–Kier alpha value is -1.97. The topological polar surface area (TPSA) is 104 Å². The van der Waals surface area contributed by atoms with Gasteiger partial charge in [0.1, 0.15) is 0 Å². The van der Waals surface area contributed by atoms with E-state index in [0.717, 1.165) is 81.4 Å². The summed E-state index contributed by atoms with van der Waals surface area (Å²) in [6.07, 6.45) is 16.0. The van der Waals surface area contributed by atoms with Crippen LogP contribution in [0.5, 0.6) is 0 Å². The van der Waals surface area contributed by atoms with Crippen molar-refractivity contribution in [1.29, 1.82) is 0 Å². The van der Waals surface area contributed by atoms with Gasteiger partial charge in [0.2, 0.25) is 5.95 Å². The lowest BCUT2D eigenvalue weighted by molar-refractivity contribution is -0.227. The van der Waals surface area contributed by atoms with Gasteiger partial charge in [0.05, 0.1) is 5.56 Å². The van der Waals surface area contributed by atoms with Gasteiger partial charge in [-0.25, -0.2) is 9.97 Å². The molecule has 2 aliphatic heterocycles. The van der Waals surface area contributed by atoms with Crippen LogP contribution in [0.3, 0.4) is 0 Å². The van der Waals surface area contributed by atoms with Crippen molar-refractivity contribution in [3.8, 4) is 0 Å². The summed E-state index contributed by atoms with van der Waals surface area (Å²) in [5, 5.41) is 4.02. The molecule has 2 saturated heterocycles. The number of hydrogen-bond donors (Lipinski definition) is 2. The van der Waals surface area contributed by atoms with Crippen LogP contribution in [0, 0.1) is 51.2 Å². The molecule has 4 aliphatic carbocycles. The highest BCUT2D eigenvalue weighted by molar-refractivity contribution is 8.00. The van der Waals surface area contributed by atoms with E-state index < -0.39 is 15.4 Å². The van der Waals surface area contributed by atoms with Crippen LogP contribution in [0.2, 0.25) is 0 Å². The first-order valence-corrected chi connectivity index (χ1v) is 22.3. The first-order chi connectivity index (χ1) is 24.0. The Labute approximate surface area is 309 Å². The number of allylic oxidation sites excluding steroid dienone is 1. The highest BCUT2D eigenvalue weighted by Crippen LogP contribution is 2.76. The molecule has 1 amide bonds. The van der Waals surface area contributed by atoms with Gasteiger partial charge in [-0.15, -0.1) is 0 Å². The third kappa shape index (κ3) is 6.02. The summed E-state index contributed by atoms with van der Waals surface area (Å²) in [6.45, 7) is 26.0. The zero-order valence-corrected chi connectivity index (χ0v) is 33.6. The number of nitrogens with one attached hydrogen (secondary N) is 1. The van der Waals surface area contributed by atoms with Gasteiger partial charge in [0, 0.05) is 55.6 Å². The standard InChI is InChI=1S/C42H68N6O2S/c1-29(2)31-12-15-42(28-44-19-9-20-47-22-24-51(8,50)25-23-47)17-16-40(6)32(35(31)42)10-11-34-39(5)18-21-48(37-45-26-30(27-46-37)36(43)49)38(3,4)33(39)13-14-41(34,40)7/h26-27,31-35,44H,1,8-25,28H2,2-7H3,(H2,43,49)/t31-,32+,33-,34+,35+,39-,40+,41+,42+/m0/s1. The highest BCUT2D eigenvalue weighted by Gasteiger charge is 2.70. The smallest absolute Gasteiger partial charge is 0.251 e. The Kier molecular flexibility index (Phi) is 9.60. The molecule has 0 aromatic carbocycles. The Morgan fingerprint density at radius 3 is 2.31 bits per heavy atom. The highest BCUT2D eigenvalue weighted by atomic mass is 32.2. The molecule has 1 aromatic rings. The van der Waals surface area contributed by atoms with Crippen LogP contribution in [-0.4, -0.2) is 87.2 Å². The van der Waals surface area contributed by atoms with Gasteiger partial charge in [-0.1, -0.05) is 32.9 Å². The summed E-state index contributed by atoms with van der Waals surface area (Å²) in [5.41, 5.74) is 8.46. The summed E-state index contributed by atoms with van der Waals surface area (Å²) >= 11 is 0. The molecule has 8 nitrogen and oxygen atoms in total. The van der Waals surface area contributed by atoms with Gasteiger partial charge < -0.3 is 20.9 Å². The normalized spacial score (nSPS) is 41.5. The van der Waals surface area contributed by atoms with Crippen molar-refractivity contribution in [1.82, 2.24) is 20.2 Å². The monoisotopic (exact) mass is 721 g/mol. The summed E-state index contributed by atoms with van der Waals surface area (Å²) in [5.74, 6) is 9.04. The van der Waals surface area contributed by atoms with Crippen molar-refractivity contribution >= 4 is 27.2 Å². The summed E-state index contributed by atoms with van der Waals surface area (Å²) < 4.78 is 12.3. The van der Waals surface area contributed by atoms with E-state index in [1.807, 2.05) is 0 Å². The molecule has 0 bridgehead atoms. The maximum atomic E-state index is 12.3. The molecular weight excluding hydrogens is 653 g/mol. The SMILES string of the molecule is C=C(C)[C@@H]1CC[C@]2(CNCCCN3CCS(=C)(=O)CC3)CC[C@]3(C)[C@H](CC[C@@H]4[C@@]5(C)CCN(c6ncc(C(N)=O)cn6)C(C)(C)[C@@H]5CC[C@]43C)[C@@H]12. The van der Waals surface area contributed by atoms with Gasteiger partial charge in [0.15, 0.2) is 0 Å². The van der Waals surface area contributed by atoms with Crippen LogP contribution in [-0.2, 0) is 9.52 Å². The predicted octanol–water partition coefficient (Wildman–Crippen LogP) is 6.41. The van der Waals surface area contributed by atoms with E-state index in [-0.39, 0.29) is 11.0 Å². The molecule has 9 heteroatoms. The molecule has 3 heterocycles. The zero-order valence-electron chi connectivity index (χ0n) is 32.8. The van der Waals surface area contributed by atoms with Crippen molar-refractivity contribution in [3.63, 3.8) is 0 Å². The molecule has 7 rings (SSSR count). The number of carbonyl (C=O) groups is 1. The van der Waals surface area contributed by atoms with Crippen molar-refractivity contribution in [2.45, 2.75) is 111 Å². The van der Waals surface area contributed by atoms with Crippen LogP contribution >= 0.6 is 0 Å². The Morgan fingerprint density at radius 1 is 0.941 bits per heavy atom. The molecule has 0 spiro atoms. The second-order valence-corrected chi connectivity index (χ2v) is 22.2. The molecular formula is C42H68N6O2S. The minimum Gasteiger partial charge on any atom is -0.366 e. The molecule has 9 atom stereocenters. The molecule has 284 valence electrons. The van der Waals surface area contributed by atoms with Crippen molar-refractivity contribution in [2.24, 2.45) is 57.0 Å². The number of aromatic nitrogens is 2. The Morgan fingerprint density at radius 2 is 1.65 bits per heavy atom. The fourth-order valence-electron chi connectivity index (χ4n) is 14.0. The predicted molar refractivity (Wildman–Crippen MR) is 211 cm³/mol. The number of nitrogens with two attached hydrogens (primary N) is 1. The number of anilines is 1. The molecule has 6 fully saturated rings. The third-order valence-corrected chi connectivity index (χ3v) is 18.8. The minimum atomic E-state index is -1.83. The van der Waals surface area contributed by atoms with E-state index in [1.165, 1.54) is 56.9 Å². The molecule has 1 aromatic heterocycles. The van der Waals surface area contributed by atoms with Gasteiger partial charge in [-0.3, -0.25) is 9.00 Å². The van der Waals surface area contributed by atoms with Gasteiger partial charge in [-0.2, -0.15) is 0 Å². The lowest BCUT2D eigenvalue weighted by Gasteiger charge is -2.73. The van der Waals surface area contributed by atoms with Gasteiger partial charge >= 0.3 is 0 Å². The molecule has 51 heavy (non-hydrogen) atoms. The number of primary amides is 1. The molecule has 0 unspecified atom stereocenters. The van der Waals surface area contributed by atoms with E-state index in [0.29, 0.717) is 39.6 Å². The van der Waals surface area contributed by atoms with E-state index in [1.54, 1.807) is 12.4 Å². The summed E-state index contributed by atoms with van der Waals surface area (Å²) in [7, 11) is -1.83. The molecule has 0 radical (unpaired) electrons. The lowest BCUT2D eigenvalue weighted by atomic mass is 9.33. The van der Waals surface area contributed by atoms with Gasteiger partial charge in [0.25, 0.3) is 5.91 Å². The first-order valence-electron chi connectivity index (χ1n) is 20.3. The van der Waals surface area contributed by atoms with E-state index in [9.17, 15) is 9.00 Å². The summed E-state index contributed by atoms with van der Waals surface area (Å²) in [6, 6.07) is 0. The Bertz CT molecular complexity index is 1600. The second-order valence-electron chi connectivity index (χ2n) is 19.5. The largest absolute Gasteiger partial charge is 0.366 e. The van der Waals surface area contributed by atoms with E-state index >= 15 is 0 Å². The number of fused-ring (bicyclic) bond motifs is 7. The van der Waals surface area contributed by atoms with Crippen LogP contribution in [0.4, 0.5) is 5.95 Å². The van der Waals surface area contributed by atoms with Crippen LogP contribution in [0.25, 0.3) is 0 Å². The third-order valence-electron chi connectivity index (χ3n) is 17.0. The quantitative estimate of drug-likeness (QED) is 0.173. The lowest BCUT2D eigenvalue weighted by Crippen LogP contribution is -2.70. The minimum absolute atomic E-state index is 0.0902. The maximum Gasteiger partial charge on any atom is 0.251 e. The first kappa shape index (κ1) is 37.3. The number of nitrogens with zero attached hydrogens (tertiary/aromatic N) is 4. The molecule has 6 aliphatic rings. The fraction of sp³-hybridized carbons (Fsp3) is 0.810. The molecule has 4 saturated carbocycles. The maximum absolute atomic E-state index is 12.3. The summed E-state index contributed by atoms with van der Waals surface area (Å²) in [4.78, 5) is 25.9. The Balaban J connectivity index is 1.08. The number of rotatable bonds is 9. The zero-order chi connectivity index (χ0) is 36.6. The van der Waals surface area contributed by atoms with E-state index in [4.69, 9.17) is 5.73 Å². The van der Waals surface area contributed by atoms with Crippen molar-refractivity contribution < 1.29 is 9.00 Å².